The third-order valence-electron chi connectivity index (χ3n) is 14.2. The molecule has 0 aliphatic heterocycles. The van der Waals surface area contributed by atoms with Crippen molar-refractivity contribution < 1.29 is 32.9 Å². The molecule has 0 bridgehead atoms. The first-order valence-corrected chi connectivity index (χ1v) is 32.2. The largest absolute Gasteiger partial charge is 0.472 e. The van der Waals surface area contributed by atoms with Crippen molar-refractivity contribution in [2.24, 2.45) is 0 Å². The molecule has 416 valence electrons. The second-order valence-electron chi connectivity index (χ2n) is 22.4. The summed E-state index contributed by atoms with van der Waals surface area (Å²) in [6.45, 7) is 4.84. The van der Waals surface area contributed by atoms with Crippen molar-refractivity contribution in [1.29, 1.82) is 0 Å². The van der Waals surface area contributed by atoms with E-state index in [0.717, 1.165) is 38.5 Å². The van der Waals surface area contributed by atoms with E-state index in [-0.39, 0.29) is 19.1 Å². The quantitative estimate of drug-likeness (QED) is 0.0243. The van der Waals surface area contributed by atoms with E-state index >= 15 is 0 Å². The van der Waals surface area contributed by atoms with Crippen LogP contribution in [0.3, 0.4) is 0 Å². The van der Waals surface area contributed by atoms with Crippen molar-refractivity contribution >= 4 is 13.7 Å². The van der Waals surface area contributed by atoms with E-state index in [1.807, 2.05) is 27.2 Å². The molecular formula is C61H122N2O6P+. The summed E-state index contributed by atoms with van der Waals surface area (Å²) in [5.74, 6) is -0.180. The molecule has 70 heavy (non-hydrogen) atoms. The van der Waals surface area contributed by atoms with Gasteiger partial charge in [0.05, 0.1) is 39.9 Å². The summed E-state index contributed by atoms with van der Waals surface area (Å²) >= 11 is 0. The number of quaternary nitrogens is 1. The number of phosphoric acid groups is 1. The molecule has 0 spiro atoms. The first kappa shape index (κ1) is 69.0. The summed E-state index contributed by atoms with van der Waals surface area (Å²) in [4.78, 5) is 23.3. The van der Waals surface area contributed by atoms with Crippen LogP contribution in [0.1, 0.15) is 309 Å². The van der Waals surface area contributed by atoms with Gasteiger partial charge < -0.3 is 19.8 Å². The molecule has 0 aromatic carbocycles. The molecule has 0 saturated heterocycles. The molecule has 3 atom stereocenters. The minimum atomic E-state index is -4.35. The maximum atomic E-state index is 13.0. The van der Waals surface area contributed by atoms with Crippen molar-refractivity contribution in [1.82, 2.24) is 5.32 Å². The van der Waals surface area contributed by atoms with E-state index in [9.17, 15) is 19.4 Å². The molecule has 8 nitrogen and oxygen atoms in total. The van der Waals surface area contributed by atoms with Crippen LogP contribution < -0.4 is 5.32 Å². The number of nitrogens with zero attached hydrogens (tertiary/aromatic N) is 1. The topological polar surface area (TPSA) is 105 Å². The molecule has 9 heteroatoms. The fourth-order valence-electron chi connectivity index (χ4n) is 9.36. The van der Waals surface area contributed by atoms with Crippen molar-refractivity contribution in [3.05, 3.63) is 24.3 Å². The number of nitrogens with one attached hydrogen (secondary N) is 1. The summed E-state index contributed by atoms with van der Waals surface area (Å²) in [5, 5.41) is 13.9. The molecule has 3 N–H and O–H groups in total. The number of rotatable bonds is 57. The van der Waals surface area contributed by atoms with Gasteiger partial charge in [-0.3, -0.25) is 13.8 Å². The standard InChI is InChI=1S/C61H121N2O6P/c1-6-8-10-12-14-16-18-20-22-24-26-27-28-29-30-31-32-33-34-35-37-39-41-43-45-47-49-51-53-55-61(65)62-59(58-69-70(66,67)68-57-56-63(3,4)5)60(64)54-52-50-48-46-44-42-40-38-36-25-23-21-19-17-15-13-11-9-7-2/h44,46,52,54,59-60,64H,6-43,45,47-51,53,55-58H2,1-5H3,(H-,62,65,66,67)/p+1/b46-44+,54-52+. The Balaban J connectivity index is 4.11. The number of amides is 1. The highest BCUT2D eigenvalue weighted by Gasteiger charge is 2.27. The van der Waals surface area contributed by atoms with Crippen molar-refractivity contribution in [3.8, 4) is 0 Å². The number of unbranched alkanes of at least 4 members (excludes halogenated alkanes) is 42. The van der Waals surface area contributed by atoms with Crippen LogP contribution in [0.2, 0.25) is 0 Å². The Hall–Kier alpha value is -1.02. The molecular weight excluding hydrogens is 888 g/mol. The number of hydrogen-bond donors (Lipinski definition) is 3. The monoisotopic (exact) mass is 1010 g/mol. The Morgan fingerprint density at radius 1 is 0.471 bits per heavy atom. The van der Waals surface area contributed by atoms with Gasteiger partial charge in [-0.15, -0.1) is 0 Å². The van der Waals surface area contributed by atoms with Gasteiger partial charge in [-0.2, -0.15) is 0 Å². The molecule has 0 radical (unpaired) electrons. The summed E-state index contributed by atoms with van der Waals surface area (Å²) in [6.07, 6.45) is 67.3. The summed E-state index contributed by atoms with van der Waals surface area (Å²) in [6, 6.07) is -0.860. The number of carbonyl (C=O) groups is 1. The van der Waals surface area contributed by atoms with Gasteiger partial charge in [0, 0.05) is 6.42 Å². The van der Waals surface area contributed by atoms with Gasteiger partial charge in [0.25, 0.3) is 0 Å². The Morgan fingerprint density at radius 3 is 1.14 bits per heavy atom. The van der Waals surface area contributed by atoms with E-state index in [0.29, 0.717) is 17.4 Å². The van der Waals surface area contributed by atoms with Gasteiger partial charge >= 0.3 is 7.82 Å². The van der Waals surface area contributed by atoms with Gasteiger partial charge in [-0.1, -0.05) is 295 Å². The van der Waals surface area contributed by atoms with E-state index in [1.165, 1.54) is 250 Å². The number of phosphoric ester groups is 1. The van der Waals surface area contributed by atoms with Crippen LogP contribution in [0.5, 0.6) is 0 Å². The van der Waals surface area contributed by atoms with Crippen LogP contribution in [-0.2, 0) is 18.4 Å². The van der Waals surface area contributed by atoms with Gasteiger partial charge in [-0.05, 0) is 32.1 Å². The van der Waals surface area contributed by atoms with Crippen molar-refractivity contribution in [2.45, 2.75) is 321 Å². The van der Waals surface area contributed by atoms with Crippen LogP contribution in [0, 0.1) is 0 Å². The smallest absolute Gasteiger partial charge is 0.387 e. The lowest BCUT2D eigenvalue weighted by Gasteiger charge is -2.25. The van der Waals surface area contributed by atoms with Crippen LogP contribution >= 0.6 is 7.82 Å². The lowest BCUT2D eigenvalue weighted by molar-refractivity contribution is -0.870. The molecule has 0 rings (SSSR count). The van der Waals surface area contributed by atoms with Crippen molar-refractivity contribution in [2.75, 3.05) is 40.9 Å². The Kier molecular flexibility index (Phi) is 52.1. The van der Waals surface area contributed by atoms with Crippen LogP contribution in [-0.4, -0.2) is 73.4 Å². The molecule has 3 unspecified atom stereocenters. The van der Waals surface area contributed by atoms with Crippen LogP contribution in [0.15, 0.2) is 24.3 Å². The Morgan fingerprint density at radius 2 is 0.786 bits per heavy atom. The second kappa shape index (κ2) is 52.8. The summed E-state index contributed by atoms with van der Waals surface area (Å²) in [7, 11) is 1.57. The first-order chi connectivity index (χ1) is 34.0. The average molecular weight is 1010 g/mol. The van der Waals surface area contributed by atoms with E-state index in [2.05, 4.69) is 31.3 Å². The predicted molar refractivity (Wildman–Crippen MR) is 305 cm³/mol. The molecule has 0 aliphatic carbocycles. The molecule has 0 aromatic rings. The number of hydrogen-bond acceptors (Lipinski definition) is 5. The zero-order valence-corrected chi connectivity index (χ0v) is 48.4. The number of allylic oxidation sites excluding steroid dienone is 3. The molecule has 0 aromatic heterocycles. The molecule has 0 aliphatic rings. The maximum Gasteiger partial charge on any atom is 0.472 e. The minimum Gasteiger partial charge on any atom is -0.387 e. The Bertz CT molecular complexity index is 1190. The average Bonchev–Trinajstić information content (AvgIpc) is 3.32. The normalized spacial score (nSPS) is 14.0. The first-order valence-electron chi connectivity index (χ1n) is 30.7. The molecule has 0 heterocycles. The molecule has 1 amide bonds. The minimum absolute atomic E-state index is 0.0588. The second-order valence-corrected chi connectivity index (χ2v) is 23.9. The highest BCUT2D eigenvalue weighted by molar-refractivity contribution is 7.47. The zero-order valence-electron chi connectivity index (χ0n) is 47.5. The summed E-state index contributed by atoms with van der Waals surface area (Å²) < 4.78 is 23.7. The van der Waals surface area contributed by atoms with E-state index in [1.54, 1.807) is 6.08 Å². The highest BCUT2D eigenvalue weighted by Crippen LogP contribution is 2.43. The van der Waals surface area contributed by atoms with E-state index < -0.39 is 20.0 Å². The fourth-order valence-corrected chi connectivity index (χ4v) is 10.1. The summed E-state index contributed by atoms with van der Waals surface area (Å²) in [5.41, 5.74) is 0. The van der Waals surface area contributed by atoms with Crippen molar-refractivity contribution in [3.63, 3.8) is 0 Å². The SMILES string of the molecule is CCCCCCCCCCCCCCC/C=C/CC/C=C/C(O)C(COP(=O)(O)OCC[N+](C)(C)C)NC(=O)CCCCCCCCCCCCCCCCCCCCCCCCCCCCCCC. The number of aliphatic hydroxyl groups is 1. The van der Waals surface area contributed by atoms with Gasteiger partial charge in [0.1, 0.15) is 13.2 Å². The van der Waals surface area contributed by atoms with Gasteiger partial charge in [0.15, 0.2) is 0 Å². The van der Waals surface area contributed by atoms with Crippen LogP contribution in [0.25, 0.3) is 0 Å². The zero-order chi connectivity index (χ0) is 51.3. The number of likely N-dealkylation sites (N-methyl/N-ethyl adjacent to an activating group) is 1. The van der Waals surface area contributed by atoms with Gasteiger partial charge in [-0.25, -0.2) is 4.57 Å². The van der Waals surface area contributed by atoms with Gasteiger partial charge in [0.2, 0.25) is 5.91 Å². The fraction of sp³-hybridized carbons (Fsp3) is 0.918. The number of carbonyl (C=O) groups excluding carboxylic acids is 1. The maximum absolute atomic E-state index is 13.0. The lowest BCUT2D eigenvalue weighted by Crippen LogP contribution is -2.45. The Labute approximate surface area is 436 Å². The van der Waals surface area contributed by atoms with E-state index in [4.69, 9.17) is 9.05 Å². The third-order valence-corrected chi connectivity index (χ3v) is 15.2. The highest BCUT2D eigenvalue weighted by atomic mass is 31.2. The van der Waals surface area contributed by atoms with Crippen LogP contribution in [0.4, 0.5) is 0 Å². The molecule has 0 saturated carbocycles. The lowest BCUT2D eigenvalue weighted by atomic mass is 10.0. The third kappa shape index (κ3) is 54.7. The molecule has 0 fully saturated rings. The predicted octanol–water partition coefficient (Wildman–Crippen LogP) is 18.8. The number of aliphatic hydroxyl groups excluding tert-OH is 1.